The molecule has 2 aromatic rings. The normalized spacial score (nSPS) is 14.3. The number of ether oxygens (including phenoxy) is 1. The van der Waals surface area contributed by atoms with Crippen molar-refractivity contribution in [2.24, 2.45) is 11.7 Å². The SMILES string of the molecule is CCNC(=O)Nc1ccc(OC(=O)c2ccn(N3C[CH][C@H](C(N)=O)CC3)c2)cc1F. The second kappa shape index (κ2) is 9.29. The van der Waals surface area contributed by atoms with Gasteiger partial charge in [0.2, 0.25) is 5.91 Å². The van der Waals surface area contributed by atoms with Gasteiger partial charge in [-0.2, -0.15) is 0 Å². The Labute approximate surface area is 172 Å². The average Bonchev–Trinajstić information content (AvgIpc) is 3.21. The number of carbonyl (C=O) groups excluding carboxylic acids is 3. The predicted molar refractivity (Wildman–Crippen MR) is 108 cm³/mol. The number of anilines is 1. The standard InChI is InChI=1S/C20H23FN5O4/c1-2-23-20(29)24-17-4-3-15(11-16(17)21)30-19(28)14-7-10-26(12-14)25-8-5-13(6-9-25)18(22)27/h3-5,7,10-13H,2,6,8-9H2,1H3,(H2,22,27)(H2,23,24,29)/t13-/m0/s1. The van der Waals surface area contributed by atoms with Crippen molar-refractivity contribution in [3.63, 3.8) is 0 Å². The quantitative estimate of drug-likeness (QED) is 0.489. The zero-order chi connectivity index (χ0) is 21.7. The molecule has 4 N–H and O–H groups in total. The first-order chi connectivity index (χ1) is 14.4. The number of hydrogen-bond donors (Lipinski definition) is 3. The molecule has 9 nitrogen and oxygen atoms in total. The lowest BCUT2D eigenvalue weighted by molar-refractivity contribution is -0.121. The summed E-state index contributed by atoms with van der Waals surface area (Å²) in [6.07, 6.45) is 5.74. The molecule has 1 saturated heterocycles. The molecule has 30 heavy (non-hydrogen) atoms. The molecular weight excluding hydrogens is 393 g/mol. The van der Waals surface area contributed by atoms with Gasteiger partial charge in [-0.25, -0.2) is 14.0 Å². The summed E-state index contributed by atoms with van der Waals surface area (Å²) >= 11 is 0. The maximum atomic E-state index is 14.2. The van der Waals surface area contributed by atoms with Gasteiger partial charge in [0, 0.05) is 44.0 Å². The first kappa shape index (κ1) is 21.2. The lowest BCUT2D eigenvalue weighted by Crippen LogP contribution is -2.44. The number of carbonyl (C=O) groups is 3. The number of esters is 1. The minimum Gasteiger partial charge on any atom is -0.423 e. The molecule has 1 aromatic carbocycles. The minimum atomic E-state index is -0.725. The lowest BCUT2D eigenvalue weighted by Gasteiger charge is -2.32. The Morgan fingerprint density at radius 2 is 2.10 bits per heavy atom. The van der Waals surface area contributed by atoms with Crippen molar-refractivity contribution in [1.29, 1.82) is 0 Å². The van der Waals surface area contributed by atoms with Gasteiger partial charge in [0.15, 0.2) is 0 Å². The summed E-state index contributed by atoms with van der Waals surface area (Å²) < 4.78 is 21.1. The summed E-state index contributed by atoms with van der Waals surface area (Å²) in [6.45, 7) is 3.28. The fourth-order valence-electron chi connectivity index (χ4n) is 3.05. The molecule has 2 heterocycles. The molecule has 1 fully saturated rings. The number of benzene rings is 1. The average molecular weight is 416 g/mol. The molecule has 1 atom stereocenters. The van der Waals surface area contributed by atoms with Crippen LogP contribution in [-0.2, 0) is 4.79 Å². The summed E-state index contributed by atoms with van der Waals surface area (Å²) in [7, 11) is 0. The molecule has 1 radical (unpaired) electrons. The summed E-state index contributed by atoms with van der Waals surface area (Å²) in [4.78, 5) is 35.1. The summed E-state index contributed by atoms with van der Waals surface area (Å²) in [5.41, 5.74) is 5.58. The van der Waals surface area contributed by atoms with Crippen molar-refractivity contribution in [1.82, 2.24) is 9.99 Å². The Kier molecular flexibility index (Phi) is 6.55. The van der Waals surface area contributed by atoms with Gasteiger partial charge in [-0.3, -0.25) is 9.47 Å². The number of amides is 3. The maximum Gasteiger partial charge on any atom is 0.345 e. The number of piperidine rings is 1. The highest BCUT2D eigenvalue weighted by Gasteiger charge is 2.24. The topological polar surface area (TPSA) is 119 Å². The van der Waals surface area contributed by atoms with E-state index in [2.05, 4.69) is 10.6 Å². The lowest BCUT2D eigenvalue weighted by atomic mass is 9.97. The van der Waals surface area contributed by atoms with Crippen LogP contribution in [0.5, 0.6) is 5.75 Å². The van der Waals surface area contributed by atoms with Crippen LogP contribution in [-0.4, -0.2) is 42.2 Å². The van der Waals surface area contributed by atoms with Crippen LogP contribution in [0, 0.1) is 18.2 Å². The van der Waals surface area contributed by atoms with E-state index < -0.39 is 17.8 Å². The number of urea groups is 1. The predicted octanol–water partition coefficient (Wildman–Crippen LogP) is 1.64. The number of rotatable bonds is 6. The third-order valence-corrected chi connectivity index (χ3v) is 4.64. The van der Waals surface area contributed by atoms with E-state index >= 15 is 0 Å². The third kappa shape index (κ3) is 5.07. The highest BCUT2D eigenvalue weighted by molar-refractivity contribution is 5.91. The zero-order valence-electron chi connectivity index (χ0n) is 16.4. The van der Waals surface area contributed by atoms with Gasteiger partial charge in [-0.15, -0.1) is 0 Å². The van der Waals surface area contributed by atoms with E-state index in [1.165, 1.54) is 12.1 Å². The van der Waals surface area contributed by atoms with Gasteiger partial charge in [0.05, 0.1) is 11.3 Å². The molecule has 1 aliphatic rings. The molecule has 3 amide bonds. The van der Waals surface area contributed by atoms with Gasteiger partial charge in [0.1, 0.15) is 11.6 Å². The number of nitrogens with zero attached hydrogens (tertiary/aromatic N) is 2. The van der Waals surface area contributed by atoms with E-state index in [1.54, 1.807) is 30.1 Å². The van der Waals surface area contributed by atoms with Crippen LogP contribution in [0.15, 0.2) is 36.7 Å². The van der Waals surface area contributed by atoms with E-state index in [1.807, 2.05) is 11.4 Å². The van der Waals surface area contributed by atoms with Crippen LogP contribution >= 0.6 is 0 Å². The maximum absolute atomic E-state index is 14.2. The van der Waals surface area contributed by atoms with Crippen LogP contribution in [0.1, 0.15) is 23.7 Å². The van der Waals surface area contributed by atoms with Gasteiger partial charge < -0.3 is 26.1 Å². The Hall–Kier alpha value is -3.56. The van der Waals surface area contributed by atoms with Crippen molar-refractivity contribution < 1.29 is 23.5 Å². The van der Waals surface area contributed by atoms with E-state index in [9.17, 15) is 18.8 Å². The number of nitrogens with two attached hydrogens (primary N) is 1. The fraction of sp³-hybridized carbons (Fsp3) is 0.300. The van der Waals surface area contributed by atoms with E-state index in [-0.39, 0.29) is 28.8 Å². The highest BCUT2D eigenvalue weighted by atomic mass is 19.1. The van der Waals surface area contributed by atoms with Gasteiger partial charge in [0.25, 0.3) is 0 Å². The molecule has 0 aliphatic carbocycles. The molecule has 1 aliphatic heterocycles. The summed E-state index contributed by atoms with van der Waals surface area (Å²) in [5, 5.41) is 6.80. The van der Waals surface area contributed by atoms with Gasteiger partial charge in [-0.1, -0.05) is 0 Å². The number of primary amides is 1. The number of nitrogens with one attached hydrogen (secondary N) is 2. The minimum absolute atomic E-state index is 0.0160. The molecule has 3 rings (SSSR count). The first-order valence-electron chi connectivity index (χ1n) is 9.50. The van der Waals surface area contributed by atoms with Crippen LogP contribution in [0.4, 0.5) is 14.9 Å². The number of aromatic nitrogens is 1. The summed E-state index contributed by atoms with van der Waals surface area (Å²) in [5.74, 6) is -1.94. The highest BCUT2D eigenvalue weighted by Crippen LogP contribution is 2.22. The second-order valence-electron chi connectivity index (χ2n) is 6.74. The van der Waals surface area contributed by atoms with Crippen molar-refractivity contribution in [2.45, 2.75) is 13.3 Å². The van der Waals surface area contributed by atoms with Crippen molar-refractivity contribution in [3.05, 3.63) is 54.5 Å². The fourth-order valence-corrected chi connectivity index (χ4v) is 3.05. The monoisotopic (exact) mass is 416 g/mol. The molecule has 0 unspecified atom stereocenters. The number of hydrogen-bond acceptors (Lipinski definition) is 5. The van der Waals surface area contributed by atoms with Crippen molar-refractivity contribution in [3.8, 4) is 5.75 Å². The van der Waals surface area contributed by atoms with E-state index in [4.69, 9.17) is 10.5 Å². The van der Waals surface area contributed by atoms with E-state index in [0.717, 1.165) is 6.07 Å². The first-order valence-corrected chi connectivity index (χ1v) is 9.50. The molecule has 159 valence electrons. The van der Waals surface area contributed by atoms with Crippen molar-refractivity contribution >= 4 is 23.6 Å². The molecule has 0 spiro atoms. The summed E-state index contributed by atoms with van der Waals surface area (Å²) in [6, 6.07) is 4.80. The molecule has 10 heteroatoms. The van der Waals surface area contributed by atoms with Crippen LogP contribution in [0.3, 0.4) is 0 Å². The Morgan fingerprint density at radius 1 is 1.30 bits per heavy atom. The Balaban J connectivity index is 1.60. The third-order valence-electron chi connectivity index (χ3n) is 4.64. The Morgan fingerprint density at radius 3 is 2.73 bits per heavy atom. The second-order valence-corrected chi connectivity index (χ2v) is 6.74. The molecular formula is C20H23FN5O4. The van der Waals surface area contributed by atoms with Gasteiger partial charge >= 0.3 is 12.0 Å². The van der Waals surface area contributed by atoms with Crippen LogP contribution < -0.4 is 26.1 Å². The number of halogens is 1. The van der Waals surface area contributed by atoms with Crippen LogP contribution in [0.25, 0.3) is 0 Å². The molecule has 1 aromatic heterocycles. The molecule has 0 saturated carbocycles. The smallest absolute Gasteiger partial charge is 0.345 e. The Bertz CT molecular complexity index is 937. The van der Waals surface area contributed by atoms with Crippen molar-refractivity contribution in [2.75, 3.05) is 30.0 Å². The molecule has 0 bridgehead atoms. The zero-order valence-corrected chi connectivity index (χ0v) is 16.4. The largest absolute Gasteiger partial charge is 0.423 e. The van der Waals surface area contributed by atoms with Crippen LogP contribution in [0.2, 0.25) is 0 Å². The van der Waals surface area contributed by atoms with E-state index in [0.29, 0.717) is 26.1 Å². The van der Waals surface area contributed by atoms with Gasteiger partial charge in [-0.05, 0) is 38.0 Å².